The van der Waals surface area contributed by atoms with Gasteiger partial charge in [0.25, 0.3) is 0 Å². The highest BCUT2D eigenvalue weighted by Gasteiger charge is 2.39. The van der Waals surface area contributed by atoms with Crippen LogP contribution in [0.15, 0.2) is 24.3 Å². The number of carbonyl (C=O) groups excluding carboxylic acids is 1. The molecule has 0 fully saturated rings. The molecule has 0 saturated heterocycles. The zero-order valence-corrected chi connectivity index (χ0v) is 13.6. The highest BCUT2D eigenvalue weighted by molar-refractivity contribution is 6.74. The minimum absolute atomic E-state index is 0.157. The highest BCUT2D eigenvalue weighted by atomic mass is 28.4. The van der Waals surface area contributed by atoms with Crippen molar-refractivity contribution in [3.8, 4) is 5.75 Å². The Morgan fingerprint density at radius 3 is 2.37 bits per heavy atom. The summed E-state index contributed by atoms with van der Waals surface area (Å²) in [4.78, 5) is 10.9. The lowest BCUT2D eigenvalue weighted by Crippen LogP contribution is -2.44. The lowest BCUT2D eigenvalue weighted by atomic mass is 10.1. The van der Waals surface area contributed by atoms with Gasteiger partial charge in [0.15, 0.2) is 0 Å². The summed E-state index contributed by atoms with van der Waals surface area (Å²) >= 11 is 0. The van der Waals surface area contributed by atoms with E-state index in [1.807, 2.05) is 24.3 Å². The quantitative estimate of drug-likeness (QED) is 0.839. The molecular formula is C15H25NO2Si. The molecule has 3 nitrogen and oxygen atoms in total. The van der Waals surface area contributed by atoms with Crippen molar-refractivity contribution >= 4 is 14.2 Å². The van der Waals surface area contributed by atoms with Crippen LogP contribution in [0, 0.1) is 0 Å². The van der Waals surface area contributed by atoms with Crippen LogP contribution in [0.25, 0.3) is 0 Å². The molecule has 1 aromatic rings. The third kappa shape index (κ3) is 4.38. The minimum Gasteiger partial charge on any atom is -0.543 e. The van der Waals surface area contributed by atoms with Gasteiger partial charge in [0, 0.05) is 6.42 Å². The number of para-hydroxylation sites is 1. The molecule has 19 heavy (non-hydrogen) atoms. The summed E-state index contributed by atoms with van der Waals surface area (Å²) in [5.41, 5.74) is 6.28. The number of carbonyl (C=O) groups is 1. The molecule has 2 N–H and O–H groups in total. The summed E-state index contributed by atoms with van der Waals surface area (Å²) in [7, 11) is -1.85. The molecule has 4 heteroatoms. The van der Waals surface area contributed by atoms with E-state index in [9.17, 15) is 4.79 Å². The van der Waals surface area contributed by atoms with Crippen molar-refractivity contribution in [2.75, 3.05) is 0 Å². The number of aryl methyl sites for hydroxylation is 1. The first-order valence-corrected chi connectivity index (χ1v) is 9.59. The molecule has 0 saturated carbocycles. The first-order valence-electron chi connectivity index (χ1n) is 6.69. The van der Waals surface area contributed by atoms with Crippen LogP contribution < -0.4 is 10.2 Å². The number of amides is 1. The van der Waals surface area contributed by atoms with E-state index in [1.54, 1.807) is 0 Å². The Morgan fingerprint density at radius 2 is 1.84 bits per heavy atom. The first kappa shape index (κ1) is 15.8. The monoisotopic (exact) mass is 279 g/mol. The SMILES string of the molecule is CC(C)(C)[Si](C)(C)Oc1ccccc1CCC(N)=O. The smallest absolute Gasteiger partial charge is 0.250 e. The summed E-state index contributed by atoms with van der Waals surface area (Å²) in [6.45, 7) is 11.1. The molecule has 0 spiro atoms. The van der Waals surface area contributed by atoms with Crippen molar-refractivity contribution in [1.82, 2.24) is 0 Å². The molecule has 1 rings (SSSR count). The van der Waals surface area contributed by atoms with Gasteiger partial charge in [0.1, 0.15) is 5.75 Å². The lowest BCUT2D eigenvalue weighted by Gasteiger charge is -2.37. The van der Waals surface area contributed by atoms with Gasteiger partial charge in [0.2, 0.25) is 14.2 Å². The second-order valence-corrected chi connectivity index (χ2v) is 11.2. The van der Waals surface area contributed by atoms with Gasteiger partial charge in [0.05, 0.1) is 0 Å². The average molecular weight is 279 g/mol. The van der Waals surface area contributed by atoms with Gasteiger partial charge in [-0.05, 0) is 36.2 Å². The number of hydrogen-bond donors (Lipinski definition) is 1. The van der Waals surface area contributed by atoms with Crippen LogP contribution in [0.2, 0.25) is 18.1 Å². The fourth-order valence-corrected chi connectivity index (χ4v) is 2.55. The van der Waals surface area contributed by atoms with Crippen LogP contribution >= 0.6 is 0 Å². The van der Waals surface area contributed by atoms with Gasteiger partial charge in [-0.1, -0.05) is 39.0 Å². The highest BCUT2D eigenvalue weighted by Crippen LogP contribution is 2.38. The Morgan fingerprint density at radius 1 is 1.26 bits per heavy atom. The van der Waals surface area contributed by atoms with Gasteiger partial charge >= 0.3 is 0 Å². The summed E-state index contributed by atoms with van der Waals surface area (Å²) in [5, 5.41) is 0.157. The fraction of sp³-hybridized carbons (Fsp3) is 0.533. The maximum Gasteiger partial charge on any atom is 0.250 e. The topological polar surface area (TPSA) is 52.3 Å². The molecule has 1 aromatic carbocycles. The van der Waals surface area contributed by atoms with E-state index in [1.165, 1.54) is 0 Å². The third-order valence-corrected chi connectivity index (χ3v) is 8.13. The van der Waals surface area contributed by atoms with Gasteiger partial charge in [-0.3, -0.25) is 4.79 Å². The van der Waals surface area contributed by atoms with Crippen molar-refractivity contribution in [3.05, 3.63) is 29.8 Å². The number of hydrogen-bond acceptors (Lipinski definition) is 2. The molecule has 0 atom stereocenters. The van der Waals surface area contributed by atoms with Gasteiger partial charge in [-0.15, -0.1) is 0 Å². The van der Waals surface area contributed by atoms with E-state index in [0.29, 0.717) is 12.8 Å². The number of rotatable bonds is 5. The van der Waals surface area contributed by atoms with Crippen LogP contribution in [0.4, 0.5) is 0 Å². The van der Waals surface area contributed by atoms with Crippen molar-refractivity contribution in [3.63, 3.8) is 0 Å². The van der Waals surface area contributed by atoms with Gasteiger partial charge in [-0.25, -0.2) is 0 Å². The Hall–Kier alpha value is -1.29. The van der Waals surface area contributed by atoms with E-state index in [2.05, 4.69) is 33.9 Å². The zero-order valence-electron chi connectivity index (χ0n) is 12.6. The Bertz CT molecular complexity index is 450. The van der Waals surface area contributed by atoms with Crippen LogP contribution in [-0.4, -0.2) is 14.2 Å². The molecule has 0 aliphatic rings. The van der Waals surface area contributed by atoms with Crippen molar-refractivity contribution in [2.45, 2.75) is 51.7 Å². The van der Waals surface area contributed by atoms with Crippen LogP contribution in [0.1, 0.15) is 32.8 Å². The molecule has 0 unspecified atom stereocenters. The van der Waals surface area contributed by atoms with E-state index >= 15 is 0 Å². The molecule has 0 aliphatic heterocycles. The van der Waals surface area contributed by atoms with Gasteiger partial charge in [-0.2, -0.15) is 0 Å². The van der Waals surface area contributed by atoms with Crippen LogP contribution in [-0.2, 0) is 11.2 Å². The minimum atomic E-state index is -1.85. The second kappa shape index (κ2) is 5.78. The first-order chi connectivity index (χ1) is 8.63. The summed E-state index contributed by atoms with van der Waals surface area (Å²) in [6.07, 6.45) is 0.998. The Kier molecular flexibility index (Phi) is 4.79. The molecule has 0 bridgehead atoms. The molecule has 0 radical (unpaired) electrons. The standard InChI is InChI=1S/C15H25NO2Si/c1-15(2,3)19(4,5)18-13-9-7-6-8-12(13)10-11-14(16)17/h6-9H,10-11H2,1-5H3,(H2,16,17). The van der Waals surface area contributed by atoms with Crippen LogP contribution in [0.3, 0.4) is 0 Å². The summed E-state index contributed by atoms with van der Waals surface area (Å²) in [5.74, 6) is 0.623. The van der Waals surface area contributed by atoms with Crippen molar-refractivity contribution < 1.29 is 9.22 Å². The molecule has 0 aliphatic carbocycles. The maximum atomic E-state index is 10.9. The largest absolute Gasteiger partial charge is 0.543 e. The normalized spacial score (nSPS) is 12.3. The summed E-state index contributed by atoms with van der Waals surface area (Å²) < 4.78 is 6.32. The molecular weight excluding hydrogens is 254 g/mol. The molecule has 0 aromatic heterocycles. The molecule has 106 valence electrons. The second-order valence-electron chi connectivity index (χ2n) is 6.44. The number of benzene rings is 1. The average Bonchev–Trinajstić information content (AvgIpc) is 2.25. The molecule has 0 heterocycles. The fourth-order valence-electron chi connectivity index (χ4n) is 1.50. The van der Waals surface area contributed by atoms with E-state index in [0.717, 1.165) is 11.3 Å². The van der Waals surface area contributed by atoms with Gasteiger partial charge < -0.3 is 10.2 Å². The maximum absolute atomic E-state index is 10.9. The van der Waals surface area contributed by atoms with E-state index in [4.69, 9.17) is 10.2 Å². The predicted molar refractivity (Wildman–Crippen MR) is 81.8 cm³/mol. The predicted octanol–water partition coefficient (Wildman–Crippen LogP) is 3.49. The Labute approximate surface area is 117 Å². The number of primary amides is 1. The molecule has 1 amide bonds. The zero-order chi connectivity index (χ0) is 14.7. The van der Waals surface area contributed by atoms with E-state index < -0.39 is 8.32 Å². The van der Waals surface area contributed by atoms with E-state index in [-0.39, 0.29) is 10.9 Å². The lowest BCUT2D eigenvalue weighted by molar-refractivity contribution is -0.117. The Balaban J connectivity index is 2.92. The van der Waals surface area contributed by atoms with Crippen LogP contribution in [0.5, 0.6) is 5.75 Å². The number of nitrogens with two attached hydrogens (primary N) is 1. The third-order valence-electron chi connectivity index (χ3n) is 3.78. The summed E-state index contributed by atoms with van der Waals surface area (Å²) in [6, 6.07) is 7.92. The van der Waals surface area contributed by atoms with Crippen molar-refractivity contribution in [2.24, 2.45) is 5.73 Å². The van der Waals surface area contributed by atoms with Crippen molar-refractivity contribution in [1.29, 1.82) is 0 Å².